The van der Waals surface area contributed by atoms with Crippen LogP contribution in [0.3, 0.4) is 0 Å². The first-order valence-corrected chi connectivity index (χ1v) is 5.97. The van der Waals surface area contributed by atoms with Gasteiger partial charge in [-0.25, -0.2) is 9.50 Å². The van der Waals surface area contributed by atoms with Crippen molar-refractivity contribution >= 4 is 28.8 Å². The molecule has 0 saturated carbocycles. The van der Waals surface area contributed by atoms with Gasteiger partial charge in [-0.3, -0.25) is 4.79 Å². The summed E-state index contributed by atoms with van der Waals surface area (Å²) in [7, 11) is 0. The SMILES string of the molecule is O=C(Nc1ccc(Cl)cn1)c1cc2ccccn2n1. The largest absolute Gasteiger partial charge is 0.305 e. The van der Waals surface area contributed by atoms with Crippen molar-refractivity contribution in [2.24, 2.45) is 0 Å². The molecule has 0 atom stereocenters. The Morgan fingerprint density at radius 3 is 2.89 bits per heavy atom. The Kier molecular flexibility index (Phi) is 2.89. The minimum atomic E-state index is -0.307. The number of anilines is 1. The first-order valence-electron chi connectivity index (χ1n) is 5.60. The maximum absolute atomic E-state index is 12.0. The third kappa shape index (κ3) is 2.41. The average molecular weight is 273 g/mol. The lowest BCUT2D eigenvalue weighted by Gasteiger charge is -2.01. The van der Waals surface area contributed by atoms with Crippen molar-refractivity contribution in [1.82, 2.24) is 14.6 Å². The highest BCUT2D eigenvalue weighted by Crippen LogP contribution is 2.11. The zero-order valence-corrected chi connectivity index (χ0v) is 10.5. The second-order valence-electron chi connectivity index (χ2n) is 3.92. The van der Waals surface area contributed by atoms with Gasteiger partial charge in [0.15, 0.2) is 5.69 Å². The summed E-state index contributed by atoms with van der Waals surface area (Å²) in [5.41, 5.74) is 1.19. The molecule has 3 rings (SSSR count). The van der Waals surface area contributed by atoms with Crippen molar-refractivity contribution in [3.05, 3.63) is 59.5 Å². The van der Waals surface area contributed by atoms with Crippen LogP contribution in [0.5, 0.6) is 0 Å². The van der Waals surface area contributed by atoms with Crippen LogP contribution in [-0.4, -0.2) is 20.5 Å². The first-order chi connectivity index (χ1) is 9.22. The molecule has 0 bridgehead atoms. The highest BCUT2D eigenvalue weighted by atomic mass is 35.5. The molecule has 3 aromatic heterocycles. The van der Waals surface area contributed by atoms with Gasteiger partial charge in [-0.05, 0) is 30.3 Å². The molecule has 0 aliphatic heterocycles. The maximum atomic E-state index is 12.0. The molecule has 1 amide bonds. The number of nitrogens with one attached hydrogen (secondary N) is 1. The number of nitrogens with zero attached hydrogens (tertiary/aromatic N) is 3. The van der Waals surface area contributed by atoms with Crippen molar-refractivity contribution in [3.63, 3.8) is 0 Å². The van der Waals surface area contributed by atoms with Gasteiger partial charge in [0.05, 0.1) is 10.5 Å². The topological polar surface area (TPSA) is 59.3 Å². The van der Waals surface area contributed by atoms with Crippen LogP contribution >= 0.6 is 11.6 Å². The Hall–Kier alpha value is -2.40. The van der Waals surface area contributed by atoms with E-state index in [0.717, 1.165) is 5.52 Å². The summed E-state index contributed by atoms with van der Waals surface area (Å²) in [6.07, 6.45) is 3.26. The van der Waals surface area contributed by atoms with Gasteiger partial charge in [-0.2, -0.15) is 5.10 Å². The number of rotatable bonds is 2. The summed E-state index contributed by atoms with van der Waals surface area (Å²) >= 11 is 5.73. The summed E-state index contributed by atoms with van der Waals surface area (Å²) in [5.74, 6) is 0.130. The molecule has 0 saturated heterocycles. The summed E-state index contributed by atoms with van der Waals surface area (Å²) in [5, 5.41) is 7.36. The lowest BCUT2D eigenvalue weighted by Crippen LogP contribution is -2.13. The quantitative estimate of drug-likeness (QED) is 0.780. The Morgan fingerprint density at radius 2 is 2.16 bits per heavy atom. The van der Waals surface area contributed by atoms with Crippen molar-refractivity contribution in [2.75, 3.05) is 5.32 Å². The van der Waals surface area contributed by atoms with Crippen LogP contribution in [0.4, 0.5) is 5.82 Å². The summed E-state index contributed by atoms with van der Waals surface area (Å²) < 4.78 is 1.64. The molecule has 0 aliphatic carbocycles. The molecule has 0 unspecified atom stereocenters. The average Bonchev–Trinajstić information content (AvgIpc) is 2.85. The summed E-state index contributed by atoms with van der Waals surface area (Å²) in [4.78, 5) is 16.0. The third-order valence-electron chi connectivity index (χ3n) is 2.57. The molecule has 3 aromatic rings. The zero-order valence-electron chi connectivity index (χ0n) is 9.75. The van der Waals surface area contributed by atoms with Crippen LogP contribution in [-0.2, 0) is 0 Å². The van der Waals surface area contributed by atoms with Crippen LogP contribution in [0.1, 0.15) is 10.5 Å². The summed E-state index contributed by atoms with van der Waals surface area (Å²) in [6, 6.07) is 10.6. The first kappa shape index (κ1) is 11.7. The van der Waals surface area contributed by atoms with E-state index in [2.05, 4.69) is 15.4 Å². The smallest absolute Gasteiger partial charge is 0.277 e. The van der Waals surface area contributed by atoms with Crippen molar-refractivity contribution in [1.29, 1.82) is 0 Å². The molecule has 0 radical (unpaired) electrons. The molecule has 1 N–H and O–H groups in total. The number of pyridine rings is 2. The van der Waals surface area contributed by atoms with E-state index in [1.165, 1.54) is 6.20 Å². The van der Waals surface area contributed by atoms with Crippen LogP contribution in [0, 0.1) is 0 Å². The lowest BCUT2D eigenvalue weighted by molar-refractivity contribution is 0.102. The second-order valence-corrected chi connectivity index (χ2v) is 4.35. The lowest BCUT2D eigenvalue weighted by atomic mass is 10.3. The molecule has 0 aliphatic rings. The molecule has 0 fully saturated rings. The number of fused-ring (bicyclic) bond motifs is 1. The number of hydrogen-bond donors (Lipinski definition) is 1. The van der Waals surface area contributed by atoms with Crippen molar-refractivity contribution in [3.8, 4) is 0 Å². The predicted molar refractivity (Wildman–Crippen MR) is 72.4 cm³/mol. The van der Waals surface area contributed by atoms with Crippen LogP contribution < -0.4 is 5.32 Å². The van der Waals surface area contributed by atoms with E-state index in [-0.39, 0.29) is 5.91 Å². The number of hydrogen-bond acceptors (Lipinski definition) is 3. The van der Waals surface area contributed by atoms with E-state index in [9.17, 15) is 4.79 Å². The van der Waals surface area contributed by atoms with E-state index in [0.29, 0.717) is 16.5 Å². The number of carbonyl (C=O) groups excluding carboxylic acids is 1. The number of carbonyl (C=O) groups is 1. The predicted octanol–water partition coefficient (Wildman–Crippen LogP) is 2.64. The second kappa shape index (κ2) is 4.70. The Bertz CT molecular complexity index is 703. The number of aromatic nitrogens is 3. The van der Waals surface area contributed by atoms with Gasteiger partial charge in [-0.15, -0.1) is 0 Å². The Balaban J connectivity index is 1.85. The van der Waals surface area contributed by atoms with Crippen LogP contribution in [0.2, 0.25) is 5.02 Å². The molecule has 6 heteroatoms. The normalized spacial score (nSPS) is 10.6. The zero-order chi connectivity index (χ0) is 13.2. The fourth-order valence-electron chi connectivity index (χ4n) is 1.68. The number of halogens is 1. The minimum absolute atomic E-state index is 0.307. The Labute approximate surface area is 113 Å². The molecule has 0 aromatic carbocycles. The molecule has 19 heavy (non-hydrogen) atoms. The van der Waals surface area contributed by atoms with E-state index >= 15 is 0 Å². The van der Waals surface area contributed by atoms with Crippen molar-refractivity contribution < 1.29 is 4.79 Å². The van der Waals surface area contributed by atoms with Crippen LogP contribution in [0.15, 0.2) is 48.8 Å². The van der Waals surface area contributed by atoms with E-state index in [4.69, 9.17) is 11.6 Å². The third-order valence-corrected chi connectivity index (χ3v) is 2.80. The molecule has 94 valence electrons. The monoisotopic (exact) mass is 272 g/mol. The van der Waals surface area contributed by atoms with Crippen molar-refractivity contribution in [2.45, 2.75) is 0 Å². The maximum Gasteiger partial charge on any atom is 0.277 e. The van der Waals surface area contributed by atoms with E-state index < -0.39 is 0 Å². The van der Waals surface area contributed by atoms with Gasteiger partial charge < -0.3 is 5.32 Å². The minimum Gasteiger partial charge on any atom is -0.305 e. The van der Waals surface area contributed by atoms with Crippen LogP contribution in [0.25, 0.3) is 5.52 Å². The molecule has 5 nitrogen and oxygen atoms in total. The fourth-order valence-corrected chi connectivity index (χ4v) is 1.79. The van der Waals surface area contributed by atoms with Gasteiger partial charge in [0, 0.05) is 12.4 Å². The fraction of sp³-hybridized carbons (Fsp3) is 0. The van der Waals surface area contributed by atoms with Gasteiger partial charge in [0.25, 0.3) is 5.91 Å². The van der Waals surface area contributed by atoms with Gasteiger partial charge in [0.2, 0.25) is 0 Å². The van der Waals surface area contributed by atoms with E-state index in [1.807, 2.05) is 18.2 Å². The highest BCUT2D eigenvalue weighted by Gasteiger charge is 2.11. The van der Waals surface area contributed by atoms with E-state index in [1.54, 1.807) is 28.9 Å². The molecular formula is C13H9ClN4O. The number of amides is 1. The Morgan fingerprint density at radius 1 is 1.26 bits per heavy atom. The molecular weight excluding hydrogens is 264 g/mol. The molecule has 3 heterocycles. The summed E-state index contributed by atoms with van der Waals surface area (Å²) in [6.45, 7) is 0. The standard InChI is InChI=1S/C13H9ClN4O/c14-9-4-5-12(15-8-9)16-13(19)11-7-10-3-1-2-6-18(10)17-11/h1-8H,(H,15,16,19). The van der Waals surface area contributed by atoms with Gasteiger partial charge in [0.1, 0.15) is 5.82 Å². The van der Waals surface area contributed by atoms with Gasteiger partial charge in [-0.1, -0.05) is 17.7 Å². The highest BCUT2D eigenvalue weighted by molar-refractivity contribution is 6.30. The molecule has 0 spiro atoms. The van der Waals surface area contributed by atoms with Gasteiger partial charge >= 0.3 is 0 Å².